The molecule has 0 spiro atoms. The Bertz CT molecular complexity index is 1470. The van der Waals surface area contributed by atoms with Crippen LogP contribution < -0.4 is 83.1 Å². The van der Waals surface area contributed by atoms with E-state index in [-0.39, 0.29) is 50.8 Å². The lowest BCUT2D eigenvalue weighted by molar-refractivity contribution is -0.132. The molecule has 0 unspecified atom stereocenters. The zero-order valence-electron chi connectivity index (χ0n) is 43.7. The Hall–Kier alpha value is -4.11. The molecule has 420 valence electrons. The van der Waals surface area contributed by atoms with E-state index in [0.29, 0.717) is 149 Å². The molecule has 0 bridgehead atoms. The molecule has 7 atom stereocenters. The molecule has 7 amide bonds. The normalized spacial score (nSPS) is 14.2. The highest BCUT2D eigenvalue weighted by molar-refractivity contribution is 5.93. The number of nitrogens with two attached hydrogens (primary N) is 8. The highest BCUT2D eigenvalue weighted by Crippen LogP contribution is 2.09. The number of carbonyl (C=O) groups excluding carboxylic acids is 7. The van der Waals surface area contributed by atoms with E-state index in [0.717, 1.165) is 25.7 Å². The van der Waals surface area contributed by atoms with Crippen LogP contribution in [0.3, 0.4) is 0 Å². The average Bonchev–Trinajstić information content (AvgIpc) is 3.36. The van der Waals surface area contributed by atoms with Crippen molar-refractivity contribution in [3.8, 4) is 0 Å². The number of carbonyl (C=O) groups is 7. The van der Waals surface area contributed by atoms with Crippen molar-refractivity contribution < 1.29 is 43.0 Å². The first-order valence-electron chi connectivity index (χ1n) is 26.7. The third-order valence-electron chi connectivity index (χ3n) is 11.9. The number of rotatable bonds is 48. The molecule has 24 nitrogen and oxygen atoms in total. The Morgan fingerprint density at radius 2 is 0.625 bits per heavy atom. The number of hydrogen-bond donors (Lipinski definition) is 15. The van der Waals surface area contributed by atoms with Crippen LogP contribution in [0.5, 0.6) is 0 Å². The molecule has 0 radical (unpaired) electrons. The van der Waals surface area contributed by atoms with E-state index in [1.807, 2.05) is 6.92 Å². The van der Waals surface area contributed by atoms with E-state index in [9.17, 15) is 33.6 Å². The third kappa shape index (κ3) is 35.1. The first-order valence-corrected chi connectivity index (χ1v) is 26.7. The summed E-state index contributed by atoms with van der Waals surface area (Å²) in [4.78, 5) is 92.4. The summed E-state index contributed by atoms with van der Waals surface area (Å²) >= 11 is 0. The molecule has 0 aromatic heterocycles. The van der Waals surface area contributed by atoms with Gasteiger partial charge in [-0.1, -0.05) is 25.7 Å². The van der Waals surface area contributed by atoms with Crippen LogP contribution >= 0.6 is 0 Å². The molecule has 0 aliphatic rings. The standard InChI is InChI=1S/C48H99N15O9/c1-2-71-33-34-72-32-31-60-47(69)40(63-48(70)41(62-45(67)38(56)20-6-13-27-52)23-9-15-29-58-43(65)36(54)18-4-11-25-50)22-8-16-30-59-46(68)39(61-44(66)37(55)19-5-12-26-51)21-7-14-28-57-42(64)35(53)17-3-10-24-49/h35-41H,2-34,49-56H2,1H3,(H,57,64)(H,58,65)(H,59,68)(H,60,69)(H,61,66)(H,62,67)(H,63,70)/t35-,36-,37-,38-,39-,40-,41-/m1/s1. The molecule has 24 heteroatoms. The summed E-state index contributed by atoms with van der Waals surface area (Å²) in [6, 6.07) is -5.98. The van der Waals surface area contributed by atoms with Gasteiger partial charge in [-0.25, -0.2) is 0 Å². The minimum Gasteiger partial charge on any atom is -0.379 e. The fraction of sp³-hybridized carbons (Fsp3) is 0.854. The minimum atomic E-state index is -1.05. The molecule has 72 heavy (non-hydrogen) atoms. The fourth-order valence-electron chi connectivity index (χ4n) is 7.37. The molecule has 0 aromatic rings. The first-order chi connectivity index (χ1) is 34.7. The van der Waals surface area contributed by atoms with Crippen LogP contribution in [0.25, 0.3) is 0 Å². The second-order valence-electron chi connectivity index (χ2n) is 18.2. The van der Waals surface area contributed by atoms with Crippen LogP contribution in [-0.4, -0.2) is 162 Å². The predicted molar refractivity (Wildman–Crippen MR) is 280 cm³/mol. The summed E-state index contributed by atoms with van der Waals surface area (Å²) in [7, 11) is 0. The number of nitrogens with one attached hydrogen (secondary N) is 7. The van der Waals surface area contributed by atoms with E-state index >= 15 is 0 Å². The summed E-state index contributed by atoms with van der Waals surface area (Å²) < 4.78 is 10.8. The summed E-state index contributed by atoms with van der Waals surface area (Å²) in [5.41, 5.74) is 46.7. The monoisotopic (exact) mass is 1030 g/mol. The fourth-order valence-corrected chi connectivity index (χ4v) is 7.37. The topological polar surface area (TPSA) is 430 Å². The van der Waals surface area contributed by atoms with Gasteiger partial charge < -0.3 is 92.6 Å². The van der Waals surface area contributed by atoms with Gasteiger partial charge in [0, 0.05) is 32.8 Å². The van der Waals surface area contributed by atoms with E-state index in [1.165, 1.54) is 0 Å². The van der Waals surface area contributed by atoms with Crippen LogP contribution in [0.15, 0.2) is 0 Å². The number of amides is 7. The molecule has 0 saturated heterocycles. The molecule has 0 heterocycles. The van der Waals surface area contributed by atoms with Crippen molar-refractivity contribution in [3.05, 3.63) is 0 Å². The van der Waals surface area contributed by atoms with Crippen molar-refractivity contribution in [1.29, 1.82) is 0 Å². The highest BCUT2D eigenvalue weighted by Gasteiger charge is 2.29. The molecular weight excluding hydrogens is 931 g/mol. The van der Waals surface area contributed by atoms with Gasteiger partial charge >= 0.3 is 0 Å². The van der Waals surface area contributed by atoms with Gasteiger partial charge in [0.25, 0.3) is 0 Å². The Kier molecular flexibility index (Phi) is 42.9. The Morgan fingerprint density at radius 3 is 0.986 bits per heavy atom. The van der Waals surface area contributed by atoms with Gasteiger partial charge in [-0.2, -0.15) is 0 Å². The van der Waals surface area contributed by atoms with Gasteiger partial charge in [0.15, 0.2) is 0 Å². The van der Waals surface area contributed by atoms with Gasteiger partial charge in [0.1, 0.15) is 18.1 Å². The molecule has 0 fully saturated rings. The minimum absolute atomic E-state index is 0.159. The molecular formula is C48H99N15O9. The van der Waals surface area contributed by atoms with Gasteiger partial charge in [-0.3, -0.25) is 33.6 Å². The Morgan fingerprint density at radius 1 is 0.333 bits per heavy atom. The summed E-state index contributed by atoms with van der Waals surface area (Å²) in [5.74, 6) is -2.99. The van der Waals surface area contributed by atoms with Gasteiger partial charge in [-0.15, -0.1) is 0 Å². The molecule has 23 N–H and O–H groups in total. The summed E-state index contributed by atoms with van der Waals surface area (Å²) in [6.07, 6.45) is 10.9. The number of ether oxygens (including phenoxy) is 2. The van der Waals surface area contributed by atoms with Crippen LogP contribution in [0.1, 0.15) is 142 Å². The van der Waals surface area contributed by atoms with Gasteiger partial charge in [0.05, 0.1) is 44.0 Å². The van der Waals surface area contributed by atoms with Crippen molar-refractivity contribution in [1.82, 2.24) is 37.2 Å². The van der Waals surface area contributed by atoms with E-state index in [4.69, 9.17) is 55.3 Å². The van der Waals surface area contributed by atoms with Crippen LogP contribution in [0.2, 0.25) is 0 Å². The lowest BCUT2D eigenvalue weighted by Crippen LogP contribution is -2.56. The van der Waals surface area contributed by atoms with Crippen LogP contribution in [0.4, 0.5) is 0 Å². The lowest BCUT2D eigenvalue weighted by Gasteiger charge is -2.24. The second kappa shape index (κ2) is 45.5. The van der Waals surface area contributed by atoms with Crippen molar-refractivity contribution in [3.63, 3.8) is 0 Å². The highest BCUT2D eigenvalue weighted by atomic mass is 16.5. The maximum Gasteiger partial charge on any atom is 0.243 e. The molecule has 0 aromatic carbocycles. The van der Waals surface area contributed by atoms with Crippen LogP contribution in [-0.2, 0) is 43.0 Å². The van der Waals surface area contributed by atoms with Crippen molar-refractivity contribution in [2.45, 2.75) is 184 Å². The zero-order chi connectivity index (χ0) is 53.8. The van der Waals surface area contributed by atoms with Crippen molar-refractivity contribution in [2.75, 3.05) is 78.8 Å². The van der Waals surface area contributed by atoms with Crippen molar-refractivity contribution in [2.24, 2.45) is 45.9 Å². The van der Waals surface area contributed by atoms with Crippen LogP contribution in [0, 0.1) is 0 Å². The van der Waals surface area contributed by atoms with Gasteiger partial charge in [-0.05, 0) is 142 Å². The zero-order valence-corrected chi connectivity index (χ0v) is 43.7. The van der Waals surface area contributed by atoms with E-state index < -0.39 is 71.8 Å². The quantitative estimate of drug-likeness (QED) is 0.0276. The molecule has 0 aliphatic heterocycles. The SMILES string of the molecule is CCOCCOCCNC(=O)[C@@H](CCCCNC(=O)[C@@H](CCCCNC(=O)[C@H](N)CCCCN)NC(=O)[C@H](N)CCCCN)NC(=O)[C@@H](CCCCNC(=O)[C@H](N)CCCCN)NC(=O)[C@H](N)CCCCN. The third-order valence-corrected chi connectivity index (χ3v) is 11.9. The Balaban J connectivity index is 5.89. The van der Waals surface area contributed by atoms with Gasteiger partial charge in [0.2, 0.25) is 41.4 Å². The largest absolute Gasteiger partial charge is 0.379 e. The van der Waals surface area contributed by atoms with E-state index in [1.54, 1.807) is 0 Å². The lowest BCUT2D eigenvalue weighted by atomic mass is 10.0. The molecule has 0 aliphatic carbocycles. The number of unbranched alkanes of at least 4 members (excludes halogenated alkanes) is 7. The summed E-state index contributed by atoms with van der Waals surface area (Å²) in [5, 5.41) is 19.8. The first kappa shape index (κ1) is 67.9. The maximum absolute atomic E-state index is 14.0. The Labute approximate surface area is 429 Å². The number of hydrogen-bond acceptors (Lipinski definition) is 17. The molecule has 0 rings (SSSR count). The predicted octanol–water partition coefficient (Wildman–Crippen LogP) is -2.71. The average molecular weight is 1030 g/mol. The second-order valence-corrected chi connectivity index (χ2v) is 18.2. The molecule has 0 saturated carbocycles. The van der Waals surface area contributed by atoms with Crippen molar-refractivity contribution >= 4 is 41.4 Å². The summed E-state index contributed by atoms with van der Waals surface area (Å²) in [6.45, 7) is 6.34. The maximum atomic E-state index is 14.0. The van der Waals surface area contributed by atoms with E-state index in [2.05, 4.69) is 37.2 Å². The smallest absolute Gasteiger partial charge is 0.243 e.